The van der Waals surface area contributed by atoms with Gasteiger partial charge in [0.1, 0.15) is 5.71 Å². The number of carbonyl (C=O) groups excluding carboxylic acids is 1. The molecule has 0 unspecified atom stereocenters. The van der Waals surface area contributed by atoms with Crippen LogP contribution in [-0.4, -0.2) is 55.1 Å². The molecule has 3 heterocycles. The van der Waals surface area contributed by atoms with Gasteiger partial charge in [-0.15, -0.1) is 0 Å². The Labute approximate surface area is 202 Å². The van der Waals surface area contributed by atoms with Gasteiger partial charge in [0.2, 0.25) is 5.95 Å². The molecule has 186 valence electrons. The Balaban J connectivity index is 1.77. The van der Waals surface area contributed by atoms with Crippen LogP contribution in [0, 0.1) is 0 Å². The predicted octanol–water partition coefficient (Wildman–Crippen LogP) is 4.55. The van der Waals surface area contributed by atoms with Crippen LogP contribution < -0.4 is 5.32 Å². The van der Waals surface area contributed by atoms with E-state index in [4.69, 9.17) is 0 Å². The van der Waals surface area contributed by atoms with Crippen LogP contribution in [0.2, 0.25) is 0 Å². The minimum atomic E-state index is -4.50. The number of likely N-dealkylation sites (tertiary alicyclic amines) is 1. The number of alkyl halides is 3. The third-order valence-electron chi connectivity index (χ3n) is 5.78. The van der Waals surface area contributed by atoms with Crippen molar-refractivity contribution in [2.24, 2.45) is 4.99 Å². The molecule has 1 aliphatic rings. The second-order valence-corrected chi connectivity index (χ2v) is 8.27. The van der Waals surface area contributed by atoms with E-state index >= 15 is 0 Å². The molecule has 0 aromatic carbocycles. The lowest BCUT2D eigenvalue weighted by atomic mass is 9.96. The second kappa shape index (κ2) is 11.2. The van der Waals surface area contributed by atoms with Crippen molar-refractivity contribution in [1.82, 2.24) is 24.8 Å². The molecule has 1 N–H and O–H groups in total. The molecule has 3 rings (SSSR count). The summed E-state index contributed by atoms with van der Waals surface area (Å²) in [7, 11) is 0. The fourth-order valence-corrected chi connectivity index (χ4v) is 3.71. The van der Waals surface area contributed by atoms with E-state index in [2.05, 4.69) is 36.8 Å². The molecule has 35 heavy (non-hydrogen) atoms. The molecular weight excluding hydrogens is 459 g/mol. The summed E-state index contributed by atoms with van der Waals surface area (Å²) in [5, 5.41) is 3.08. The maximum absolute atomic E-state index is 13.6. The number of allylic oxidation sites excluding steroid dienone is 3. The standard InChI is InChI=1S/C24H28F3N7O/c1-5-16(3)32-20(12-15(2)21-28-9-7-10-29-21)22(35)34-11-6-8-19(17(34)4)33-23-30-13-18(14-31-23)24(25,26)27/h5,7,9-10,13-14,17,19H,2,6,8,11-12H2,1,3-4H3,(H,30,31,33)/b16-5-,32-20?/t17-,19+/m0/s1. The first-order valence-electron chi connectivity index (χ1n) is 11.2. The van der Waals surface area contributed by atoms with Gasteiger partial charge in [-0.05, 0) is 45.3 Å². The molecule has 0 saturated carbocycles. The van der Waals surface area contributed by atoms with Crippen molar-refractivity contribution in [2.45, 2.75) is 58.3 Å². The molecule has 0 aliphatic carbocycles. The van der Waals surface area contributed by atoms with Crippen LogP contribution in [0.1, 0.15) is 51.4 Å². The summed E-state index contributed by atoms with van der Waals surface area (Å²) in [5.41, 5.74) is 0.655. The van der Waals surface area contributed by atoms with E-state index in [1.807, 2.05) is 13.8 Å². The maximum atomic E-state index is 13.6. The highest BCUT2D eigenvalue weighted by atomic mass is 19.4. The Morgan fingerprint density at radius 1 is 1.26 bits per heavy atom. The molecule has 0 bridgehead atoms. The first-order chi connectivity index (χ1) is 16.6. The number of anilines is 1. The minimum Gasteiger partial charge on any atom is -0.349 e. The Kier molecular flexibility index (Phi) is 8.31. The summed E-state index contributed by atoms with van der Waals surface area (Å²) < 4.78 is 38.4. The zero-order valence-electron chi connectivity index (χ0n) is 19.9. The van der Waals surface area contributed by atoms with E-state index in [1.54, 1.807) is 36.4 Å². The van der Waals surface area contributed by atoms with Crippen molar-refractivity contribution in [2.75, 3.05) is 11.9 Å². The SMILES string of the molecule is C=C(CC(=N/C(C)=C\C)C(=O)N1CCC[C@@H](Nc2ncc(C(F)(F)F)cn2)[C@@H]1C)c1ncccn1. The lowest BCUT2D eigenvalue weighted by molar-refractivity contribution is -0.138. The van der Waals surface area contributed by atoms with Crippen molar-refractivity contribution in [3.63, 3.8) is 0 Å². The van der Waals surface area contributed by atoms with Gasteiger partial charge in [-0.3, -0.25) is 9.79 Å². The molecule has 8 nitrogen and oxygen atoms in total. The summed E-state index contributed by atoms with van der Waals surface area (Å²) in [6.45, 7) is 10.1. The van der Waals surface area contributed by atoms with E-state index in [1.165, 1.54) is 0 Å². The fourth-order valence-electron chi connectivity index (χ4n) is 3.71. The van der Waals surface area contributed by atoms with E-state index in [0.29, 0.717) is 42.2 Å². The zero-order valence-corrected chi connectivity index (χ0v) is 19.9. The average molecular weight is 488 g/mol. The average Bonchev–Trinajstić information content (AvgIpc) is 2.84. The van der Waals surface area contributed by atoms with E-state index in [0.717, 1.165) is 12.4 Å². The minimum absolute atomic E-state index is 0.0809. The molecule has 2 aromatic rings. The molecule has 1 fully saturated rings. The lowest BCUT2D eigenvalue weighted by Crippen LogP contribution is -2.54. The number of amides is 1. The number of rotatable bonds is 7. The van der Waals surface area contributed by atoms with Crippen molar-refractivity contribution in [3.05, 3.63) is 60.6 Å². The van der Waals surface area contributed by atoms with Crippen LogP contribution >= 0.6 is 0 Å². The van der Waals surface area contributed by atoms with E-state index < -0.39 is 11.7 Å². The Hall–Kier alpha value is -3.63. The summed E-state index contributed by atoms with van der Waals surface area (Å²) >= 11 is 0. The monoisotopic (exact) mass is 487 g/mol. The molecule has 2 atom stereocenters. The van der Waals surface area contributed by atoms with E-state index in [-0.39, 0.29) is 30.4 Å². The van der Waals surface area contributed by atoms with Gasteiger partial charge in [0.05, 0.1) is 5.56 Å². The van der Waals surface area contributed by atoms with Gasteiger partial charge >= 0.3 is 6.18 Å². The highest BCUT2D eigenvalue weighted by Gasteiger charge is 2.34. The van der Waals surface area contributed by atoms with Gasteiger partial charge in [0, 0.05) is 55.5 Å². The Morgan fingerprint density at radius 3 is 2.51 bits per heavy atom. The quantitative estimate of drug-likeness (QED) is 0.576. The number of piperidine rings is 1. The number of hydrogen-bond donors (Lipinski definition) is 1. The first-order valence-corrected chi connectivity index (χ1v) is 11.2. The van der Waals surface area contributed by atoms with Gasteiger partial charge in [-0.1, -0.05) is 12.7 Å². The molecule has 1 aliphatic heterocycles. The largest absolute Gasteiger partial charge is 0.419 e. The number of hydrogen-bond acceptors (Lipinski definition) is 7. The Bertz CT molecular complexity index is 1100. The van der Waals surface area contributed by atoms with Crippen LogP contribution in [0.25, 0.3) is 5.57 Å². The number of carbonyl (C=O) groups is 1. The zero-order chi connectivity index (χ0) is 25.6. The van der Waals surface area contributed by atoms with Gasteiger partial charge in [0.25, 0.3) is 5.91 Å². The molecule has 0 radical (unpaired) electrons. The summed E-state index contributed by atoms with van der Waals surface area (Å²) in [5.74, 6) is 0.282. The molecule has 0 spiro atoms. The van der Waals surface area contributed by atoms with Gasteiger partial charge in [0.15, 0.2) is 5.82 Å². The molecule has 11 heteroatoms. The van der Waals surface area contributed by atoms with Crippen LogP contribution in [0.3, 0.4) is 0 Å². The van der Waals surface area contributed by atoms with Crippen molar-refractivity contribution >= 4 is 23.1 Å². The number of aromatic nitrogens is 4. The van der Waals surface area contributed by atoms with Crippen molar-refractivity contribution < 1.29 is 18.0 Å². The number of halogens is 3. The van der Waals surface area contributed by atoms with Crippen LogP contribution in [0.15, 0.2) is 54.2 Å². The van der Waals surface area contributed by atoms with Gasteiger partial charge in [-0.25, -0.2) is 19.9 Å². The van der Waals surface area contributed by atoms with Crippen molar-refractivity contribution in [3.8, 4) is 0 Å². The van der Waals surface area contributed by atoms with Crippen LogP contribution in [0.5, 0.6) is 0 Å². The topological polar surface area (TPSA) is 96.3 Å². The smallest absolute Gasteiger partial charge is 0.349 e. The Morgan fingerprint density at radius 2 is 1.91 bits per heavy atom. The summed E-state index contributed by atoms with van der Waals surface area (Å²) in [6, 6.07) is 1.18. The van der Waals surface area contributed by atoms with Crippen LogP contribution in [0.4, 0.5) is 19.1 Å². The lowest BCUT2D eigenvalue weighted by Gasteiger charge is -2.40. The highest BCUT2D eigenvalue weighted by molar-refractivity contribution is 6.40. The van der Waals surface area contributed by atoms with Crippen LogP contribution in [-0.2, 0) is 11.0 Å². The van der Waals surface area contributed by atoms with Gasteiger partial charge < -0.3 is 10.2 Å². The molecular formula is C24H28F3N7O. The molecule has 1 amide bonds. The van der Waals surface area contributed by atoms with E-state index in [9.17, 15) is 18.0 Å². The third-order valence-corrected chi connectivity index (χ3v) is 5.78. The van der Waals surface area contributed by atoms with Crippen molar-refractivity contribution in [1.29, 1.82) is 0 Å². The fraction of sp³-hybridized carbons (Fsp3) is 0.417. The predicted molar refractivity (Wildman–Crippen MR) is 127 cm³/mol. The third kappa shape index (κ3) is 6.71. The second-order valence-electron chi connectivity index (χ2n) is 8.27. The molecule has 1 saturated heterocycles. The highest BCUT2D eigenvalue weighted by Crippen LogP contribution is 2.28. The number of nitrogens with one attached hydrogen (secondary N) is 1. The summed E-state index contributed by atoms with van der Waals surface area (Å²) in [4.78, 5) is 35.8. The van der Waals surface area contributed by atoms with Gasteiger partial charge in [-0.2, -0.15) is 13.2 Å². The number of nitrogens with zero attached hydrogens (tertiary/aromatic N) is 6. The number of aliphatic imine (C=N–C) groups is 1. The summed E-state index contributed by atoms with van der Waals surface area (Å²) in [6.07, 6.45) is 3.59. The molecule has 2 aromatic heterocycles. The first kappa shape index (κ1) is 26.0. The normalized spacial score (nSPS) is 19.4. The maximum Gasteiger partial charge on any atom is 0.419 e.